The Bertz CT molecular complexity index is 696. The topological polar surface area (TPSA) is 90.2 Å². The number of hydrogen-bond acceptors (Lipinski definition) is 6. The lowest BCUT2D eigenvalue weighted by molar-refractivity contribution is 0.0821. The molecule has 3 rings (SSSR count). The van der Waals surface area contributed by atoms with Gasteiger partial charge >= 0.3 is 0 Å². The molecule has 1 aliphatic heterocycles. The van der Waals surface area contributed by atoms with Gasteiger partial charge < -0.3 is 29.1 Å². The van der Waals surface area contributed by atoms with Crippen LogP contribution >= 0.6 is 0 Å². The van der Waals surface area contributed by atoms with Gasteiger partial charge in [0.2, 0.25) is 6.79 Å². The summed E-state index contributed by atoms with van der Waals surface area (Å²) in [7, 11) is 0. The Hall–Kier alpha value is -2.67. The average molecular weight is 319 g/mol. The van der Waals surface area contributed by atoms with E-state index in [2.05, 4.69) is 5.32 Å². The minimum atomic E-state index is -0.847. The second-order valence-electron chi connectivity index (χ2n) is 5.10. The molecule has 1 atom stereocenters. The molecule has 2 N–H and O–H groups in total. The van der Waals surface area contributed by atoms with Crippen molar-refractivity contribution in [3.63, 3.8) is 0 Å². The van der Waals surface area contributed by atoms with Crippen molar-refractivity contribution in [3.05, 3.63) is 41.9 Å². The van der Waals surface area contributed by atoms with Gasteiger partial charge in [-0.15, -0.1) is 0 Å². The first kappa shape index (κ1) is 15.2. The monoisotopic (exact) mass is 319 g/mol. The number of nitrogens with one attached hydrogen (secondary N) is 1. The number of hydrogen-bond donors (Lipinski definition) is 2. The van der Waals surface area contributed by atoms with E-state index < -0.39 is 6.10 Å². The Morgan fingerprint density at radius 3 is 2.91 bits per heavy atom. The van der Waals surface area contributed by atoms with Crippen molar-refractivity contribution >= 4 is 5.91 Å². The van der Waals surface area contributed by atoms with E-state index in [1.807, 2.05) is 0 Å². The van der Waals surface area contributed by atoms with Crippen molar-refractivity contribution in [1.29, 1.82) is 0 Å². The number of aliphatic hydroxyl groups excluding tert-OH is 1. The molecule has 0 saturated heterocycles. The minimum Gasteiger partial charge on any atom is -0.491 e. The van der Waals surface area contributed by atoms with Gasteiger partial charge in [0.1, 0.15) is 24.2 Å². The van der Waals surface area contributed by atoms with Crippen molar-refractivity contribution in [2.75, 3.05) is 19.9 Å². The minimum absolute atomic E-state index is 0.0388. The van der Waals surface area contributed by atoms with Crippen molar-refractivity contribution in [3.8, 4) is 17.2 Å². The molecule has 1 amide bonds. The highest BCUT2D eigenvalue weighted by molar-refractivity contribution is 5.91. The smallest absolute Gasteiger partial charge is 0.287 e. The van der Waals surface area contributed by atoms with Crippen molar-refractivity contribution in [2.24, 2.45) is 0 Å². The van der Waals surface area contributed by atoms with Crippen LogP contribution in [0.3, 0.4) is 0 Å². The lowest BCUT2D eigenvalue weighted by Gasteiger charge is -2.13. The van der Waals surface area contributed by atoms with Crippen LogP contribution in [0.5, 0.6) is 17.2 Å². The molecule has 122 valence electrons. The maximum absolute atomic E-state index is 11.8. The number of aliphatic hydroxyl groups is 1. The summed E-state index contributed by atoms with van der Waals surface area (Å²) in [4.78, 5) is 11.8. The maximum atomic E-state index is 11.8. The van der Waals surface area contributed by atoms with E-state index in [0.29, 0.717) is 23.0 Å². The van der Waals surface area contributed by atoms with Crippen molar-refractivity contribution < 1.29 is 28.5 Å². The van der Waals surface area contributed by atoms with Crippen LogP contribution in [0.25, 0.3) is 0 Å². The van der Waals surface area contributed by atoms with E-state index in [-0.39, 0.29) is 31.6 Å². The van der Waals surface area contributed by atoms with Crippen LogP contribution in [0.1, 0.15) is 16.3 Å². The van der Waals surface area contributed by atoms with Crippen LogP contribution in [0.2, 0.25) is 0 Å². The summed E-state index contributed by atoms with van der Waals surface area (Å²) in [5.41, 5.74) is 0. The number of carbonyl (C=O) groups is 1. The number of amides is 1. The summed E-state index contributed by atoms with van der Waals surface area (Å²) in [5, 5.41) is 12.5. The summed E-state index contributed by atoms with van der Waals surface area (Å²) in [5.74, 6) is 2.33. The summed E-state index contributed by atoms with van der Waals surface area (Å²) in [6.07, 6.45) is -0.847. The molecule has 2 heterocycles. The molecule has 0 radical (unpaired) electrons. The highest BCUT2D eigenvalue weighted by Crippen LogP contribution is 2.35. The molecule has 0 unspecified atom stereocenters. The van der Waals surface area contributed by atoms with Crippen LogP contribution in [0.4, 0.5) is 0 Å². The van der Waals surface area contributed by atoms with Gasteiger partial charge in [0.15, 0.2) is 17.3 Å². The number of rotatable bonds is 6. The molecule has 1 aliphatic rings. The third-order valence-electron chi connectivity index (χ3n) is 3.25. The summed E-state index contributed by atoms with van der Waals surface area (Å²) in [6, 6.07) is 8.45. The van der Waals surface area contributed by atoms with Crippen LogP contribution < -0.4 is 19.5 Å². The van der Waals surface area contributed by atoms with Gasteiger partial charge in [-0.25, -0.2) is 0 Å². The van der Waals surface area contributed by atoms with E-state index in [4.69, 9.17) is 18.6 Å². The van der Waals surface area contributed by atoms with Crippen LogP contribution in [-0.4, -0.2) is 37.1 Å². The largest absolute Gasteiger partial charge is 0.491 e. The number of furan rings is 1. The fourth-order valence-electron chi connectivity index (χ4n) is 2.07. The molecule has 0 saturated carbocycles. The number of fused-ring (bicyclic) bond motifs is 1. The molecule has 7 heteroatoms. The van der Waals surface area contributed by atoms with E-state index in [1.54, 1.807) is 37.3 Å². The van der Waals surface area contributed by atoms with Gasteiger partial charge in [0.25, 0.3) is 5.91 Å². The third-order valence-corrected chi connectivity index (χ3v) is 3.25. The SMILES string of the molecule is Cc1ccc(C(=O)NC[C@H](O)COc2ccc3c(c2)OCO3)o1. The first-order chi connectivity index (χ1) is 11.1. The Kier molecular flexibility index (Phi) is 4.38. The molecule has 0 aliphatic carbocycles. The average Bonchev–Trinajstić information content (AvgIpc) is 3.18. The third kappa shape index (κ3) is 3.75. The molecule has 0 fully saturated rings. The van der Waals surface area contributed by atoms with Gasteiger partial charge in [-0.1, -0.05) is 0 Å². The summed E-state index contributed by atoms with van der Waals surface area (Å²) >= 11 is 0. The predicted molar refractivity (Wildman–Crippen MR) is 79.8 cm³/mol. The number of carbonyl (C=O) groups excluding carboxylic acids is 1. The zero-order valence-corrected chi connectivity index (χ0v) is 12.6. The molecule has 0 spiro atoms. The molecule has 0 bridgehead atoms. The highest BCUT2D eigenvalue weighted by atomic mass is 16.7. The summed E-state index contributed by atoms with van der Waals surface area (Å²) in [6.45, 7) is 2.05. The number of benzene rings is 1. The first-order valence-electron chi connectivity index (χ1n) is 7.17. The molecular formula is C16H17NO6. The zero-order valence-electron chi connectivity index (χ0n) is 12.6. The maximum Gasteiger partial charge on any atom is 0.287 e. The van der Waals surface area contributed by atoms with Crippen molar-refractivity contribution in [1.82, 2.24) is 5.32 Å². The van der Waals surface area contributed by atoms with Gasteiger partial charge in [-0.05, 0) is 31.2 Å². The van der Waals surface area contributed by atoms with Gasteiger partial charge in [-0.3, -0.25) is 4.79 Å². The quantitative estimate of drug-likeness (QED) is 0.838. The molecule has 1 aromatic carbocycles. The van der Waals surface area contributed by atoms with Crippen molar-refractivity contribution in [2.45, 2.75) is 13.0 Å². The predicted octanol–water partition coefficient (Wildman–Crippen LogP) is 1.49. The Balaban J connectivity index is 1.44. The molecule has 1 aromatic heterocycles. The number of aryl methyl sites for hydroxylation is 1. The van der Waals surface area contributed by atoms with E-state index in [0.717, 1.165) is 0 Å². The van der Waals surface area contributed by atoms with E-state index in [1.165, 1.54) is 0 Å². The Labute approximate surface area is 132 Å². The normalized spacial score (nSPS) is 13.7. The highest BCUT2D eigenvalue weighted by Gasteiger charge is 2.15. The summed E-state index contributed by atoms with van der Waals surface area (Å²) < 4.78 is 21.1. The van der Waals surface area contributed by atoms with E-state index in [9.17, 15) is 9.90 Å². The second kappa shape index (κ2) is 6.62. The van der Waals surface area contributed by atoms with Gasteiger partial charge in [0.05, 0.1) is 0 Å². The Morgan fingerprint density at radius 1 is 1.30 bits per heavy atom. The van der Waals surface area contributed by atoms with Crippen LogP contribution in [-0.2, 0) is 0 Å². The fraction of sp³-hybridized carbons (Fsp3) is 0.312. The van der Waals surface area contributed by atoms with Crippen LogP contribution in [0.15, 0.2) is 34.7 Å². The molecule has 2 aromatic rings. The molecular weight excluding hydrogens is 302 g/mol. The lowest BCUT2D eigenvalue weighted by Crippen LogP contribution is -2.35. The standard InChI is InChI=1S/C16H17NO6/c1-10-2-4-14(23-10)16(19)17-7-11(18)8-20-12-3-5-13-15(6-12)22-9-21-13/h2-6,11,18H,7-9H2,1H3,(H,17,19)/t11-/m0/s1. The lowest BCUT2D eigenvalue weighted by atomic mass is 10.3. The van der Waals surface area contributed by atoms with Crippen LogP contribution in [0, 0.1) is 6.92 Å². The second-order valence-corrected chi connectivity index (χ2v) is 5.10. The number of ether oxygens (including phenoxy) is 3. The molecule has 23 heavy (non-hydrogen) atoms. The van der Waals surface area contributed by atoms with Gasteiger partial charge in [0, 0.05) is 12.6 Å². The van der Waals surface area contributed by atoms with Gasteiger partial charge in [-0.2, -0.15) is 0 Å². The van der Waals surface area contributed by atoms with E-state index >= 15 is 0 Å². The first-order valence-corrected chi connectivity index (χ1v) is 7.17. The fourth-order valence-corrected chi connectivity index (χ4v) is 2.07. The molecule has 7 nitrogen and oxygen atoms in total. The zero-order chi connectivity index (χ0) is 16.2. The Morgan fingerprint density at radius 2 is 2.13 bits per heavy atom.